The Labute approximate surface area is 129 Å². The number of likely N-dealkylation sites (tertiary alicyclic amines) is 1. The summed E-state index contributed by atoms with van der Waals surface area (Å²) in [6, 6.07) is 0.676. The van der Waals surface area contributed by atoms with Crippen LogP contribution in [0, 0.1) is 5.92 Å². The molecule has 1 saturated carbocycles. The lowest BCUT2D eigenvalue weighted by molar-refractivity contribution is 0.179. The number of nitrogens with one attached hydrogen (secondary N) is 1. The van der Waals surface area contributed by atoms with E-state index in [1.165, 1.54) is 38.5 Å². The number of hydrogen-bond acceptors (Lipinski definition) is 4. The highest BCUT2D eigenvalue weighted by Gasteiger charge is 2.33. The van der Waals surface area contributed by atoms with Gasteiger partial charge in [-0.25, -0.2) is 4.98 Å². The number of aromatic amines is 1. The Morgan fingerprint density at radius 3 is 2.91 bits per heavy atom. The van der Waals surface area contributed by atoms with E-state index in [0.717, 1.165) is 24.8 Å². The first-order valence-electron chi connectivity index (χ1n) is 8.37. The van der Waals surface area contributed by atoms with Crippen LogP contribution in [-0.2, 0) is 13.6 Å². The lowest BCUT2D eigenvalue weighted by atomic mass is 9.96. The molecule has 118 valence electrons. The molecular formula is C16H23N5O. The second-order valence-electron chi connectivity index (χ2n) is 6.74. The van der Waals surface area contributed by atoms with E-state index in [1.54, 1.807) is 10.9 Å². The molecule has 6 heteroatoms. The molecule has 0 radical (unpaired) electrons. The normalized spacial score (nSPS) is 23.8. The van der Waals surface area contributed by atoms with Gasteiger partial charge < -0.3 is 4.98 Å². The average Bonchev–Trinajstić information content (AvgIpc) is 3.20. The lowest BCUT2D eigenvalue weighted by Crippen LogP contribution is -2.35. The molecule has 22 heavy (non-hydrogen) atoms. The Kier molecular flexibility index (Phi) is 3.48. The van der Waals surface area contributed by atoms with Gasteiger partial charge in [-0.1, -0.05) is 12.8 Å². The fraction of sp³-hybridized carbons (Fsp3) is 0.688. The minimum atomic E-state index is -0.0790. The predicted molar refractivity (Wildman–Crippen MR) is 84.5 cm³/mol. The molecule has 0 spiro atoms. The van der Waals surface area contributed by atoms with Crippen LogP contribution in [0.3, 0.4) is 0 Å². The number of aromatic nitrogens is 4. The summed E-state index contributed by atoms with van der Waals surface area (Å²) >= 11 is 0. The molecule has 0 amide bonds. The third kappa shape index (κ3) is 2.35. The highest BCUT2D eigenvalue weighted by atomic mass is 16.1. The van der Waals surface area contributed by atoms with Crippen molar-refractivity contribution in [1.82, 2.24) is 24.6 Å². The molecule has 2 aromatic heterocycles. The van der Waals surface area contributed by atoms with E-state index in [0.29, 0.717) is 17.1 Å². The number of rotatable bonds is 3. The smallest absolute Gasteiger partial charge is 0.262 e. The molecule has 2 aliphatic rings. The Hall–Kier alpha value is -1.69. The maximum absolute atomic E-state index is 12.2. The topological polar surface area (TPSA) is 66.8 Å². The summed E-state index contributed by atoms with van der Waals surface area (Å²) in [5, 5.41) is 4.70. The summed E-state index contributed by atoms with van der Waals surface area (Å²) in [6.45, 7) is 1.87. The Balaban J connectivity index is 1.59. The van der Waals surface area contributed by atoms with Crippen molar-refractivity contribution in [3.8, 4) is 0 Å². The summed E-state index contributed by atoms with van der Waals surface area (Å²) in [4.78, 5) is 22.2. The molecule has 2 fully saturated rings. The molecule has 2 aromatic rings. The molecule has 0 bridgehead atoms. The van der Waals surface area contributed by atoms with Gasteiger partial charge in [0.05, 0.1) is 12.7 Å². The molecule has 1 N–H and O–H groups in total. The zero-order valence-corrected chi connectivity index (χ0v) is 13.1. The van der Waals surface area contributed by atoms with Crippen LogP contribution in [0.15, 0.2) is 11.0 Å². The van der Waals surface area contributed by atoms with Gasteiger partial charge in [0.15, 0.2) is 5.65 Å². The lowest BCUT2D eigenvalue weighted by Gasteiger charge is -2.28. The van der Waals surface area contributed by atoms with Gasteiger partial charge in [0.25, 0.3) is 5.56 Å². The molecule has 1 atom stereocenters. The van der Waals surface area contributed by atoms with Crippen LogP contribution in [0.1, 0.15) is 44.3 Å². The van der Waals surface area contributed by atoms with Crippen molar-refractivity contribution in [2.45, 2.75) is 51.1 Å². The number of hydrogen-bond donors (Lipinski definition) is 1. The number of aryl methyl sites for hydroxylation is 1. The van der Waals surface area contributed by atoms with Crippen molar-refractivity contribution in [3.63, 3.8) is 0 Å². The Bertz CT molecular complexity index is 728. The number of nitrogens with zero attached hydrogens (tertiary/aromatic N) is 4. The van der Waals surface area contributed by atoms with E-state index < -0.39 is 0 Å². The van der Waals surface area contributed by atoms with Crippen LogP contribution < -0.4 is 5.56 Å². The Morgan fingerprint density at radius 2 is 2.09 bits per heavy atom. The van der Waals surface area contributed by atoms with E-state index in [2.05, 4.69) is 20.0 Å². The quantitative estimate of drug-likeness (QED) is 0.939. The van der Waals surface area contributed by atoms with Crippen molar-refractivity contribution in [3.05, 3.63) is 22.4 Å². The first kappa shape index (κ1) is 13.9. The van der Waals surface area contributed by atoms with Gasteiger partial charge in [-0.05, 0) is 38.1 Å². The molecule has 1 saturated heterocycles. The zero-order valence-electron chi connectivity index (χ0n) is 13.1. The summed E-state index contributed by atoms with van der Waals surface area (Å²) in [5.41, 5.74) is 0.597. The fourth-order valence-electron chi connectivity index (χ4n) is 4.27. The van der Waals surface area contributed by atoms with E-state index in [4.69, 9.17) is 0 Å². The van der Waals surface area contributed by atoms with Crippen molar-refractivity contribution < 1.29 is 0 Å². The average molecular weight is 301 g/mol. The van der Waals surface area contributed by atoms with Gasteiger partial charge in [0.2, 0.25) is 0 Å². The van der Waals surface area contributed by atoms with Crippen LogP contribution in [-0.4, -0.2) is 37.2 Å². The van der Waals surface area contributed by atoms with Gasteiger partial charge in [-0.15, -0.1) is 0 Å². The van der Waals surface area contributed by atoms with E-state index >= 15 is 0 Å². The third-order valence-electron chi connectivity index (χ3n) is 5.36. The number of fused-ring (bicyclic) bond motifs is 1. The van der Waals surface area contributed by atoms with Gasteiger partial charge in [0, 0.05) is 13.1 Å². The van der Waals surface area contributed by atoms with Crippen LogP contribution in [0.2, 0.25) is 0 Å². The molecule has 1 aliphatic carbocycles. The van der Waals surface area contributed by atoms with Gasteiger partial charge in [-0.2, -0.15) is 5.10 Å². The monoisotopic (exact) mass is 301 g/mol. The van der Waals surface area contributed by atoms with Crippen LogP contribution in [0.4, 0.5) is 0 Å². The number of H-pyrrole nitrogens is 1. The molecular weight excluding hydrogens is 278 g/mol. The highest BCUT2D eigenvalue weighted by molar-refractivity contribution is 5.72. The van der Waals surface area contributed by atoms with Crippen molar-refractivity contribution >= 4 is 11.0 Å². The van der Waals surface area contributed by atoms with Crippen LogP contribution in [0.5, 0.6) is 0 Å². The molecule has 4 rings (SSSR count). The Morgan fingerprint density at radius 1 is 1.27 bits per heavy atom. The summed E-state index contributed by atoms with van der Waals surface area (Å²) in [6.07, 6.45) is 9.64. The first-order chi connectivity index (χ1) is 10.7. The van der Waals surface area contributed by atoms with Crippen molar-refractivity contribution in [2.24, 2.45) is 13.0 Å². The van der Waals surface area contributed by atoms with Crippen molar-refractivity contribution in [1.29, 1.82) is 0 Å². The third-order valence-corrected chi connectivity index (χ3v) is 5.36. The fourth-order valence-corrected chi connectivity index (χ4v) is 4.27. The van der Waals surface area contributed by atoms with Crippen LogP contribution >= 0.6 is 0 Å². The SMILES string of the molecule is Cn1ncc2c(=O)[nH]c(CN3CCC[C@@H]3C3CCCC3)nc21. The van der Waals surface area contributed by atoms with Crippen molar-refractivity contribution in [2.75, 3.05) is 6.54 Å². The summed E-state index contributed by atoms with van der Waals surface area (Å²) in [5.74, 6) is 1.61. The maximum Gasteiger partial charge on any atom is 0.262 e. The molecule has 1 aliphatic heterocycles. The second kappa shape index (κ2) is 5.50. The second-order valence-corrected chi connectivity index (χ2v) is 6.74. The standard InChI is InChI=1S/C16H23N5O/c1-20-15-12(9-17-20)16(22)19-14(18-15)10-21-8-4-7-13(21)11-5-2-3-6-11/h9,11,13H,2-8,10H2,1H3,(H,18,19,22)/t13-/m1/s1. The van der Waals surface area contributed by atoms with Gasteiger partial charge >= 0.3 is 0 Å². The molecule has 0 aromatic carbocycles. The van der Waals surface area contributed by atoms with E-state index in [-0.39, 0.29) is 5.56 Å². The minimum Gasteiger partial charge on any atom is -0.309 e. The summed E-state index contributed by atoms with van der Waals surface area (Å²) < 4.78 is 1.67. The molecule has 6 nitrogen and oxygen atoms in total. The summed E-state index contributed by atoms with van der Waals surface area (Å²) in [7, 11) is 1.83. The first-order valence-corrected chi connectivity index (χ1v) is 8.37. The minimum absolute atomic E-state index is 0.0790. The highest BCUT2D eigenvalue weighted by Crippen LogP contribution is 2.35. The van der Waals surface area contributed by atoms with Gasteiger partial charge in [0.1, 0.15) is 11.2 Å². The zero-order chi connectivity index (χ0) is 15.1. The largest absolute Gasteiger partial charge is 0.309 e. The maximum atomic E-state index is 12.2. The van der Waals surface area contributed by atoms with E-state index in [9.17, 15) is 4.79 Å². The van der Waals surface area contributed by atoms with Gasteiger partial charge in [-0.3, -0.25) is 14.4 Å². The van der Waals surface area contributed by atoms with E-state index in [1.807, 2.05) is 7.05 Å². The predicted octanol–water partition coefficient (Wildman–Crippen LogP) is 1.81. The molecule has 3 heterocycles. The van der Waals surface area contributed by atoms with Crippen LogP contribution in [0.25, 0.3) is 11.0 Å². The molecule has 0 unspecified atom stereocenters.